The van der Waals surface area contributed by atoms with Crippen molar-refractivity contribution in [3.8, 4) is 0 Å². The number of nitrogens with one attached hydrogen (secondary N) is 1. The number of aromatic nitrogens is 2. The Kier molecular flexibility index (Phi) is 3.59. The Hall–Kier alpha value is 0.0600. The van der Waals surface area contributed by atoms with Crippen LogP contribution >= 0.6 is 34.9 Å². The fourth-order valence-corrected chi connectivity index (χ4v) is 5.19. The first-order valence-electron chi connectivity index (χ1n) is 5.68. The first kappa shape index (κ1) is 11.2. The van der Waals surface area contributed by atoms with E-state index in [9.17, 15) is 0 Å². The Balaban J connectivity index is 1.49. The van der Waals surface area contributed by atoms with Crippen LogP contribution in [-0.2, 0) is 0 Å². The minimum atomic E-state index is 0.729. The molecule has 0 spiro atoms. The van der Waals surface area contributed by atoms with Gasteiger partial charge in [-0.2, -0.15) is 23.5 Å². The summed E-state index contributed by atoms with van der Waals surface area (Å²) < 4.78 is 0. The van der Waals surface area contributed by atoms with Crippen molar-refractivity contribution in [1.29, 1.82) is 0 Å². The molecular formula is C10H15N3S3. The van der Waals surface area contributed by atoms with Crippen molar-refractivity contribution in [3.63, 3.8) is 0 Å². The highest BCUT2D eigenvalue weighted by Gasteiger charge is 2.27. The van der Waals surface area contributed by atoms with E-state index in [-0.39, 0.29) is 0 Å². The van der Waals surface area contributed by atoms with Crippen molar-refractivity contribution in [1.82, 2.24) is 10.2 Å². The molecule has 2 fully saturated rings. The van der Waals surface area contributed by atoms with Crippen LogP contribution in [0.1, 0.15) is 23.8 Å². The number of anilines is 1. The lowest BCUT2D eigenvalue weighted by atomic mass is 10.5. The van der Waals surface area contributed by atoms with Gasteiger partial charge in [-0.25, -0.2) is 0 Å². The zero-order valence-corrected chi connectivity index (χ0v) is 11.5. The molecule has 6 heteroatoms. The molecule has 1 aromatic heterocycles. The fourth-order valence-electron chi connectivity index (χ4n) is 1.66. The first-order valence-corrected chi connectivity index (χ1v) is 8.70. The molecule has 0 aromatic carbocycles. The van der Waals surface area contributed by atoms with Gasteiger partial charge < -0.3 is 5.32 Å². The van der Waals surface area contributed by atoms with E-state index in [1.165, 1.54) is 35.1 Å². The van der Waals surface area contributed by atoms with Crippen molar-refractivity contribution in [2.45, 2.75) is 24.0 Å². The molecule has 16 heavy (non-hydrogen) atoms. The highest BCUT2D eigenvalue weighted by molar-refractivity contribution is 8.06. The number of rotatable bonds is 4. The molecular weight excluding hydrogens is 258 g/mol. The van der Waals surface area contributed by atoms with Gasteiger partial charge in [0.15, 0.2) is 0 Å². The van der Waals surface area contributed by atoms with Gasteiger partial charge in [0.2, 0.25) is 5.13 Å². The highest BCUT2D eigenvalue weighted by Crippen LogP contribution is 2.42. The summed E-state index contributed by atoms with van der Waals surface area (Å²) in [5, 5.41) is 14.9. The van der Waals surface area contributed by atoms with Crippen molar-refractivity contribution < 1.29 is 0 Å². The number of nitrogens with zero attached hydrogens (tertiary/aromatic N) is 2. The maximum Gasteiger partial charge on any atom is 0.205 e. The molecule has 2 heterocycles. The monoisotopic (exact) mass is 273 g/mol. The lowest BCUT2D eigenvalue weighted by molar-refractivity contribution is 0.954. The summed E-state index contributed by atoms with van der Waals surface area (Å²) in [7, 11) is 0. The van der Waals surface area contributed by atoms with Gasteiger partial charge in [-0.15, -0.1) is 10.2 Å². The molecule has 88 valence electrons. The normalized spacial score (nSPS) is 25.6. The molecule has 0 radical (unpaired) electrons. The number of thioether (sulfide) groups is 2. The summed E-state index contributed by atoms with van der Waals surface area (Å²) in [5.41, 5.74) is 0. The van der Waals surface area contributed by atoms with Crippen molar-refractivity contribution in [2.75, 3.05) is 29.1 Å². The minimum Gasteiger partial charge on any atom is -0.359 e. The third-order valence-electron chi connectivity index (χ3n) is 2.73. The number of hydrogen-bond donors (Lipinski definition) is 1. The van der Waals surface area contributed by atoms with E-state index in [1.54, 1.807) is 11.3 Å². The molecule has 3 nitrogen and oxygen atoms in total. The molecule has 1 aromatic rings. The third-order valence-corrected chi connectivity index (χ3v) is 6.62. The Morgan fingerprint density at radius 3 is 2.94 bits per heavy atom. The van der Waals surface area contributed by atoms with E-state index in [1.807, 2.05) is 0 Å². The van der Waals surface area contributed by atoms with Crippen LogP contribution in [0.2, 0.25) is 0 Å². The van der Waals surface area contributed by atoms with Gasteiger partial charge in [0.1, 0.15) is 5.01 Å². The summed E-state index contributed by atoms with van der Waals surface area (Å²) in [4.78, 5) is 0. The van der Waals surface area contributed by atoms with Gasteiger partial charge in [0.05, 0.1) is 0 Å². The Bertz CT molecular complexity index is 345. The topological polar surface area (TPSA) is 37.8 Å². The van der Waals surface area contributed by atoms with E-state index in [4.69, 9.17) is 0 Å². The van der Waals surface area contributed by atoms with Crippen LogP contribution in [0.4, 0.5) is 5.13 Å². The SMILES string of the molecule is C1CS[C@H](CNc2nnc(C3CC3)s2)CS1. The van der Waals surface area contributed by atoms with Crippen LogP contribution in [0.15, 0.2) is 0 Å². The Labute approximate surface area is 108 Å². The first-order chi connectivity index (χ1) is 7.92. The van der Waals surface area contributed by atoms with E-state index in [0.717, 1.165) is 22.8 Å². The molecule has 0 bridgehead atoms. The lowest BCUT2D eigenvalue weighted by Crippen LogP contribution is -2.23. The van der Waals surface area contributed by atoms with Crippen molar-refractivity contribution in [3.05, 3.63) is 5.01 Å². The van der Waals surface area contributed by atoms with Gasteiger partial charge in [0.25, 0.3) is 0 Å². The molecule has 1 N–H and O–H groups in total. The number of hydrogen-bond acceptors (Lipinski definition) is 6. The van der Waals surface area contributed by atoms with Gasteiger partial charge in [-0.1, -0.05) is 11.3 Å². The minimum absolute atomic E-state index is 0.729. The molecule has 0 amide bonds. The van der Waals surface area contributed by atoms with Crippen LogP contribution in [-0.4, -0.2) is 39.3 Å². The van der Waals surface area contributed by atoms with Gasteiger partial charge in [-0.3, -0.25) is 0 Å². The van der Waals surface area contributed by atoms with Gasteiger partial charge in [0, 0.05) is 35.0 Å². The third kappa shape index (κ3) is 2.84. The van der Waals surface area contributed by atoms with Crippen LogP contribution in [0.25, 0.3) is 0 Å². The predicted molar refractivity (Wildman–Crippen MR) is 73.9 cm³/mol. The van der Waals surface area contributed by atoms with E-state index in [0.29, 0.717) is 0 Å². The summed E-state index contributed by atoms with van der Waals surface area (Å²) in [6.45, 7) is 1.04. The molecule has 1 aliphatic heterocycles. The lowest BCUT2D eigenvalue weighted by Gasteiger charge is -2.20. The highest BCUT2D eigenvalue weighted by atomic mass is 32.2. The molecule has 1 atom stereocenters. The van der Waals surface area contributed by atoms with Gasteiger partial charge in [-0.05, 0) is 12.8 Å². The van der Waals surface area contributed by atoms with Gasteiger partial charge >= 0.3 is 0 Å². The van der Waals surface area contributed by atoms with Crippen LogP contribution in [0.5, 0.6) is 0 Å². The smallest absolute Gasteiger partial charge is 0.205 e. The van der Waals surface area contributed by atoms with Crippen LogP contribution < -0.4 is 5.32 Å². The second-order valence-electron chi connectivity index (χ2n) is 4.17. The van der Waals surface area contributed by atoms with Crippen molar-refractivity contribution >= 4 is 40.0 Å². The Morgan fingerprint density at radius 1 is 1.25 bits per heavy atom. The van der Waals surface area contributed by atoms with E-state index < -0.39 is 0 Å². The zero-order chi connectivity index (χ0) is 10.8. The molecule has 1 saturated heterocycles. The largest absolute Gasteiger partial charge is 0.359 e. The molecule has 3 rings (SSSR count). The summed E-state index contributed by atoms with van der Waals surface area (Å²) >= 11 is 5.89. The fraction of sp³-hybridized carbons (Fsp3) is 0.800. The predicted octanol–water partition coefficient (Wildman–Crippen LogP) is 2.68. The molecule has 1 aliphatic carbocycles. The second-order valence-corrected chi connectivity index (χ2v) is 7.74. The van der Waals surface area contributed by atoms with E-state index >= 15 is 0 Å². The molecule has 1 saturated carbocycles. The van der Waals surface area contributed by atoms with Crippen LogP contribution in [0.3, 0.4) is 0 Å². The summed E-state index contributed by atoms with van der Waals surface area (Å²) in [6, 6.07) is 0. The second kappa shape index (κ2) is 5.14. The maximum atomic E-state index is 4.24. The Morgan fingerprint density at radius 2 is 2.19 bits per heavy atom. The van der Waals surface area contributed by atoms with Crippen LogP contribution in [0, 0.1) is 0 Å². The average Bonchev–Trinajstić information content (AvgIpc) is 3.08. The summed E-state index contributed by atoms with van der Waals surface area (Å²) in [6.07, 6.45) is 2.62. The summed E-state index contributed by atoms with van der Waals surface area (Å²) in [5.74, 6) is 4.60. The molecule has 2 aliphatic rings. The average molecular weight is 273 g/mol. The maximum absolute atomic E-state index is 4.24. The standard InChI is InChI=1S/C10H15N3S3/c1-2-7(1)9-12-13-10(16-9)11-5-8-6-14-3-4-15-8/h7-8H,1-6H2,(H,11,13)/t8-/m1/s1. The van der Waals surface area contributed by atoms with Crippen molar-refractivity contribution in [2.24, 2.45) is 0 Å². The van der Waals surface area contributed by atoms with E-state index in [2.05, 4.69) is 39.0 Å². The quantitative estimate of drug-likeness (QED) is 0.913. The molecule has 0 unspecified atom stereocenters. The zero-order valence-electron chi connectivity index (χ0n) is 9.02.